The third-order valence-corrected chi connectivity index (χ3v) is 6.93. The quantitative estimate of drug-likeness (QED) is 0.300. The predicted octanol–water partition coefficient (Wildman–Crippen LogP) is 6.12. The van der Waals surface area contributed by atoms with Crippen LogP contribution in [0.4, 0.5) is 4.39 Å². The third-order valence-electron chi connectivity index (χ3n) is 6.93. The lowest BCUT2D eigenvalue weighted by Gasteiger charge is -2.38. The molecule has 6 nitrogen and oxygen atoms in total. The van der Waals surface area contributed by atoms with E-state index >= 15 is 0 Å². The SMILES string of the molecule is CCC(=O)N1CCc2ccc(OCc3ccc(C(=O)NCc4cccc(F)c4)o3)cc2[C@H]1c1cccc(C)c1. The number of nitrogens with zero attached hydrogens (tertiary/aromatic N) is 1. The van der Waals surface area contributed by atoms with Crippen LogP contribution in [0.5, 0.6) is 5.75 Å². The topological polar surface area (TPSA) is 71.8 Å². The number of fused-ring (bicyclic) bond motifs is 1. The average molecular weight is 527 g/mol. The molecule has 2 amide bonds. The molecule has 0 saturated carbocycles. The first kappa shape index (κ1) is 26.2. The molecule has 0 fully saturated rings. The third kappa shape index (κ3) is 6.03. The molecule has 0 radical (unpaired) electrons. The molecule has 5 rings (SSSR count). The van der Waals surface area contributed by atoms with E-state index in [4.69, 9.17) is 9.15 Å². The summed E-state index contributed by atoms with van der Waals surface area (Å²) >= 11 is 0. The highest BCUT2D eigenvalue weighted by Gasteiger charge is 2.31. The monoisotopic (exact) mass is 526 g/mol. The fraction of sp³-hybridized carbons (Fsp3) is 0.250. The number of ether oxygens (including phenoxy) is 1. The number of nitrogens with one attached hydrogen (secondary N) is 1. The average Bonchev–Trinajstić information content (AvgIpc) is 3.43. The van der Waals surface area contributed by atoms with Crippen LogP contribution in [-0.2, 0) is 24.4 Å². The van der Waals surface area contributed by atoms with Crippen molar-refractivity contribution < 1.29 is 23.1 Å². The first-order valence-electron chi connectivity index (χ1n) is 13.1. The van der Waals surface area contributed by atoms with Gasteiger partial charge >= 0.3 is 0 Å². The fourth-order valence-electron chi connectivity index (χ4n) is 5.00. The van der Waals surface area contributed by atoms with Gasteiger partial charge in [0.15, 0.2) is 5.76 Å². The van der Waals surface area contributed by atoms with E-state index < -0.39 is 0 Å². The predicted molar refractivity (Wildman–Crippen MR) is 146 cm³/mol. The molecule has 1 aromatic heterocycles. The van der Waals surface area contributed by atoms with E-state index in [0.717, 1.165) is 23.1 Å². The number of halogens is 1. The minimum atomic E-state index is -0.388. The van der Waals surface area contributed by atoms with Crippen LogP contribution in [0.25, 0.3) is 0 Å². The Kier molecular flexibility index (Phi) is 7.77. The Labute approximate surface area is 227 Å². The normalized spacial score (nSPS) is 14.5. The van der Waals surface area contributed by atoms with Gasteiger partial charge in [-0.05, 0) is 72.0 Å². The molecule has 1 N–H and O–H groups in total. The summed E-state index contributed by atoms with van der Waals surface area (Å²) in [4.78, 5) is 27.3. The molecule has 0 bridgehead atoms. The second-order valence-corrected chi connectivity index (χ2v) is 9.74. The molecule has 39 heavy (non-hydrogen) atoms. The van der Waals surface area contributed by atoms with Crippen LogP contribution in [0.1, 0.15) is 63.5 Å². The molecule has 1 aliphatic heterocycles. The summed E-state index contributed by atoms with van der Waals surface area (Å²) in [7, 11) is 0. The Morgan fingerprint density at radius 1 is 1.05 bits per heavy atom. The van der Waals surface area contributed by atoms with Crippen molar-refractivity contribution in [3.05, 3.63) is 124 Å². The Morgan fingerprint density at radius 3 is 2.69 bits per heavy atom. The highest BCUT2D eigenvalue weighted by Crippen LogP contribution is 2.38. The van der Waals surface area contributed by atoms with Crippen molar-refractivity contribution in [3.63, 3.8) is 0 Å². The first-order chi connectivity index (χ1) is 18.9. The largest absolute Gasteiger partial charge is 0.486 e. The highest BCUT2D eigenvalue weighted by molar-refractivity contribution is 5.91. The van der Waals surface area contributed by atoms with Crippen molar-refractivity contribution in [2.24, 2.45) is 0 Å². The number of hydrogen-bond acceptors (Lipinski definition) is 4. The van der Waals surface area contributed by atoms with Crippen molar-refractivity contribution in [1.82, 2.24) is 10.2 Å². The Bertz CT molecular complexity index is 1500. The van der Waals surface area contributed by atoms with Crippen molar-refractivity contribution in [2.45, 2.75) is 45.9 Å². The first-order valence-corrected chi connectivity index (χ1v) is 13.1. The van der Waals surface area contributed by atoms with Crippen LogP contribution in [0, 0.1) is 12.7 Å². The summed E-state index contributed by atoms with van der Waals surface area (Å²) in [6.45, 7) is 4.96. The van der Waals surface area contributed by atoms with E-state index in [1.165, 1.54) is 17.7 Å². The molecule has 200 valence electrons. The number of benzene rings is 3. The maximum atomic E-state index is 13.4. The number of amides is 2. The van der Waals surface area contributed by atoms with Gasteiger partial charge < -0.3 is 19.4 Å². The zero-order chi connectivity index (χ0) is 27.4. The van der Waals surface area contributed by atoms with Crippen LogP contribution in [0.2, 0.25) is 0 Å². The van der Waals surface area contributed by atoms with Crippen LogP contribution in [0.3, 0.4) is 0 Å². The van der Waals surface area contributed by atoms with E-state index in [1.54, 1.807) is 24.3 Å². The molecule has 0 saturated heterocycles. The van der Waals surface area contributed by atoms with Gasteiger partial charge in [-0.2, -0.15) is 0 Å². The lowest BCUT2D eigenvalue weighted by atomic mass is 9.87. The van der Waals surface area contributed by atoms with Crippen molar-refractivity contribution >= 4 is 11.8 Å². The minimum absolute atomic E-state index is 0.122. The molecule has 3 aromatic carbocycles. The Morgan fingerprint density at radius 2 is 1.90 bits per heavy atom. The minimum Gasteiger partial charge on any atom is -0.486 e. The summed E-state index contributed by atoms with van der Waals surface area (Å²) < 4.78 is 25.1. The lowest BCUT2D eigenvalue weighted by molar-refractivity contribution is -0.132. The number of furan rings is 1. The molecule has 4 aromatic rings. The van der Waals surface area contributed by atoms with Crippen LogP contribution in [-0.4, -0.2) is 23.3 Å². The van der Waals surface area contributed by atoms with Crippen molar-refractivity contribution in [3.8, 4) is 5.75 Å². The standard InChI is InChI=1S/C32H31FN2O4/c1-3-30(36)35-15-14-23-10-11-26(18-28(23)31(35)24-8-4-6-21(2)16-24)38-20-27-12-13-29(39-27)32(37)34-19-22-7-5-9-25(33)17-22/h4-13,16-18,31H,3,14-15,19-20H2,1-2H3,(H,34,37)/t31-/m1/s1. The number of rotatable bonds is 8. The van der Waals surface area contributed by atoms with E-state index in [0.29, 0.717) is 30.0 Å². The van der Waals surface area contributed by atoms with Gasteiger partial charge in [0.05, 0.1) is 6.04 Å². The van der Waals surface area contributed by atoms with Gasteiger partial charge in [0.1, 0.15) is 23.9 Å². The zero-order valence-electron chi connectivity index (χ0n) is 22.1. The Balaban J connectivity index is 1.29. The van der Waals surface area contributed by atoms with Gasteiger partial charge in [-0.1, -0.05) is 55.0 Å². The molecule has 1 aliphatic rings. The number of hydrogen-bond donors (Lipinski definition) is 1. The maximum absolute atomic E-state index is 13.4. The summed E-state index contributed by atoms with van der Waals surface area (Å²) in [5.74, 6) is 0.700. The van der Waals surface area contributed by atoms with Gasteiger partial charge in [-0.15, -0.1) is 0 Å². The summed E-state index contributed by atoms with van der Waals surface area (Å²) in [6.07, 6.45) is 1.24. The van der Waals surface area contributed by atoms with E-state index in [2.05, 4.69) is 36.5 Å². The summed E-state index contributed by atoms with van der Waals surface area (Å²) in [5, 5.41) is 2.73. The summed E-state index contributed by atoms with van der Waals surface area (Å²) in [5.41, 5.74) is 5.14. The van der Waals surface area contributed by atoms with E-state index in [9.17, 15) is 14.0 Å². The molecule has 0 aliphatic carbocycles. The van der Waals surface area contributed by atoms with Crippen LogP contribution < -0.4 is 10.1 Å². The van der Waals surface area contributed by atoms with Gasteiger partial charge in [-0.25, -0.2) is 4.39 Å². The molecule has 1 atom stereocenters. The number of carbonyl (C=O) groups is 2. The van der Waals surface area contributed by atoms with Gasteiger partial charge in [0, 0.05) is 19.5 Å². The number of aryl methyl sites for hydroxylation is 1. The summed E-state index contributed by atoms with van der Waals surface area (Å²) in [6, 6.07) is 23.5. The zero-order valence-corrected chi connectivity index (χ0v) is 22.1. The van der Waals surface area contributed by atoms with Crippen LogP contribution in [0.15, 0.2) is 83.3 Å². The van der Waals surface area contributed by atoms with Crippen molar-refractivity contribution in [1.29, 1.82) is 0 Å². The lowest BCUT2D eigenvalue weighted by Crippen LogP contribution is -2.40. The van der Waals surface area contributed by atoms with Gasteiger partial charge in [-0.3, -0.25) is 9.59 Å². The molecule has 0 unspecified atom stereocenters. The second-order valence-electron chi connectivity index (χ2n) is 9.74. The fourth-order valence-corrected chi connectivity index (χ4v) is 5.00. The number of carbonyl (C=O) groups excluding carboxylic acids is 2. The van der Waals surface area contributed by atoms with Gasteiger partial charge in [0.25, 0.3) is 5.91 Å². The second kappa shape index (κ2) is 11.6. The highest BCUT2D eigenvalue weighted by atomic mass is 19.1. The molecule has 7 heteroatoms. The van der Waals surface area contributed by atoms with Crippen LogP contribution >= 0.6 is 0 Å². The van der Waals surface area contributed by atoms with Crippen molar-refractivity contribution in [2.75, 3.05) is 6.54 Å². The van der Waals surface area contributed by atoms with E-state index in [1.807, 2.05) is 30.0 Å². The molecule has 2 heterocycles. The smallest absolute Gasteiger partial charge is 0.287 e. The molecular formula is C32H31FN2O4. The molecule has 0 spiro atoms. The Hall–Kier alpha value is -4.39. The maximum Gasteiger partial charge on any atom is 0.287 e. The molecular weight excluding hydrogens is 495 g/mol. The van der Waals surface area contributed by atoms with E-state index in [-0.39, 0.29) is 42.6 Å². The van der Waals surface area contributed by atoms with Gasteiger partial charge in [0.2, 0.25) is 5.91 Å².